The first kappa shape index (κ1) is 16.0. The van der Waals surface area contributed by atoms with Gasteiger partial charge in [-0.2, -0.15) is 0 Å². The van der Waals surface area contributed by atoms with E-state index in [9.17, 15) is 4.39 Å². The number of rotatable bonds is 5. The molecule has 3 N–H and O–H groups in total. The molecule has 6 heteroatoms. The second-order valence-electron chi connectivity index (χ2n) is 4.37. The van der Waals surface area contributed by atoms with Crippen molar-refractivity contribution in [2.24, 2.45) is 5.84 Å². The van der Waals surface area contributed by atoms with E-state index in [4.69, 9.17) is 15.3 Å². The first-order chi connectivity index (χ1) is 10.1. The van der Waals surface area contributed by atoms with Crippen LogP contribution in [0.5, 0.6) is 11.5 Å². The van der Waals surface area contributed by atoms with Crippen LogP contribution < -0.4 is 20.7 Å². The molecule has 0 spiro atoms. The normalized spacial score (nSPS) is 12.0. The molecule has 0 bridgehead atoms. The highest BCUT2D eigenvalue weighted by atomic mass is 127. The van der Waals surface area contributed by atoms with Gasteiger partial charge in [0, 0.05) is 15.2 Å². The Morgan fingerprint density at radius 3 is 2.38 bits per heavy atom. The first-order valence-corrected chi connectivity index (χ1v) is 7.31. The Balaban J connectivity index is 2.50. The SMILES string of the molecule is COc1ccc(C(NN)c2ccc(F)cc2I)c(OC)c1. The van der Waals surface area contributed by atoms with Gasteiger partial charge in [-0.3, -0.25) is 5.84 Å². The predicted molar refractivity (Wildman–Crippen MR) is 87.8 cm³/mol. The van der Waals surface area contributed by atoms with E-state index in [-0.39, 0.29) is 11.9 Å². The van der Waals surface area contributed by atoms with Crippen LogP contribution in [0.4, 0.5) is 4.39 Å². The second-order valence-corrected chi connectivity index (χ2v) is 5.54. The van der Waals surface area contributed by atoms with Crippen LogP contribution >= 0.6 is 22.6 Å². The van der Waals surface area contributed by atoms with Gasteiger partial charge in [-0.05, 0) is 52.4 Å². The lowest BCUT2D eigenvalue weighted by atomic mass is 9.98. The summed E-state index contributed by atoms with van der Waals surface area (Å²) in [7, 11) is 3.18. The lowest BCUT2D eigenvalue weighted by Gasteiger charge is -2.21. The molecule has 2 rings (SSSR count). The smallest absolute Gasteiger partial charge is 0.127 e. The first-order valence-electron chi connectivity index (χ1n) is 6.23. The molecule has 0 saturated carbocycles. The minimum absolute atomic E-state index is 0.277. The summed E-state index contributed by atoms with van der Waals surface area (Å²) in [6.07, 6.45) is 0. The molecule has 0 fully saturated rings. The summed E-state index contributed by atoms with van der Waals surface area (Å²) in [4.78, 5) is 0. The Bertz CT molecular complexity index is 637. The number of nitrogens with two attached hydrogens (primary N) is 1. The zero-order valence-electron chi connectivity index (χ0n) is 11.7. The maximum atomic E-state index is 13.3. The summed E-state index contributed by atoms with van der Waals surface area (Å²) >= 11 is 2.09. The largest absolute Gasteiger partial charge is 0.497 e. The summed E-state index contributed by atoms with van der Waals surface area (Å²) in [6.45, 7) is 0. The molecule has 2 aromatic rings. The van der Waals surface area contributed by atoms with Gasteiger partial charge in [-0.1, -0.05) is 6.07 Å². The molecule has 0 amide bonds. The van der Waals surface area contributed by atoms with Crippen molar-refractivity contribution in [2.45, 2.75) is 6.04 Å². The van der Waals surface area contributed by atoms with E-state index in [0.717, 1.165) is 14.7 Å². The number of benzene rings is 2. The highest BCUT2D eigenvalue weighted by Crippen LogP contribution is 2.34. The molecular formula is C15H16FIN2O2. The highest BCUT2D eigenvalue weighted by molar-refractivity contribution is 14.1. The van der Waals surface area contributed by atoms with Crippen LogP contribution in [0, 0.1) is 9.39 Å². The molecule has 4 nitrogen and oxygen atoms in total. The molecule has 0 radical (unpaired) electrons. The fourth-order valence-electron chi connectivity index (χ4n) is 2.14. The average molecular weight is 402 g/mol. The van der Waals surface area contributed by atoms with Crippen molar-refractivity contribution in [3.63, 3.8) is 0 Å². The molecule has 0 aliphatic heterocycles. The summed E-state index contributed by atoms with van der Waals surface area (Å²) in [5.41, 5.74) is 4.49. The number of halogens is 2. The van der Waals surface area contributed by atoms with Gasteiger partial charge in [-0.25, -0.2) is 9.82 Å². The number of ether oxygens (including phenoxy) is 2. The van der Waals surface area contributed by atoms with Gasteiger partial charge < -0.3 is 9.47 Å². The zero-order valence-corrected chi connectivity index (χ0v) is 13.8. The third kappa shape index (κ3) is 3.45. The topological polar surface area (TPSA) is 56.5 Å². The van der Waals surface area contributed by atoms with E-state index in [0.29, 0.717) is 11.5 Å². The summed E-state index contributed by atoms with van der Waals surface area (Å²) < 4.78 is 24.6. The van der Waals surface area contributed by atoms with Gasteiger partial charge in [0.25, 0.3) is 0 Å². The summed E-state index contributed by atoms with van der Waals surface area (Å²) in [5.74, 6) is 6.77. The van der Waals surface area contributed by atoms with Crippen LogP contribution in [-0.4, -0.2) is 14.2 Å². The summed E-state index contributed by atoms with van der Waals surface area (Å²) in [5, 5.41) is 0. The lowest BCUT2D eigenvalue weighted by molar-refractivity contribution is 0.387. The highest BCUT2D eigenvalue weighted by Gasteiger charge is 2.20. The molecule has 0 heterocycles. The molecular weight excluding hydrogens is 386 g/mol. The number of nitrogens with one attached hydrogen (secondary N) is 1. The van der Waals surface area contributed by atoms with Crippen molar-refractivity contribution in [2.75, 3.05) is 14.2 Å². The fraction of sp³-hybridized carbons (Fsp3) is 0.200. The van der Waals surface area contributed by atoms with E-state index in [1.54, 1.807) is 26.4 Å². The minimum Gasteiger partial charge on any atom is -0.497 e. The lowest BCUT2D eigenvalue weighted by Crippen LogP contribution is -2.29. The summed E-state index contributed by atoms with van der Waals surface area (Å²) in [6, 6.07) is 9.79. The predicted octanol–water partition coefficient (Wildman–Crippen LogP) is 3.00. The molecule has 2 aromatic carbocycles. The Morgan fingerprint density at radius 1 is 1.10 bits per heavy atom. The van der Waals surface area contributed by atoms with Gasteiger partial charge >= 0.3 is 0 Å². The Kier molecular flexibility index (Phi) is 5.38. The van der Waals surface area contributed by atoms with E-state index in [1.165, 1.54) is 12.1 Å². The molecule has 0 aliphatic rings. The van der Waals surface area contributed by atoms with E-state index >= 15 is 0 Å². The molecule has 112 valence electrons. The zero-order chi connectivity index (χ0) is 15.4. The number of hydrazine groups is 1. The van der Waals surface area contributed by atoms with Gasteiger partial charge in [0.05, 0.1) is 20.3 Å². The van der Waals surface area contributed by atoms with Crippen LogP contribution in [-0.2, 0) is 0 Å². The maximum Gasteiger partial charge on any atom is 0.127 e. The van der Waals surface area contributed by atoms with Crippen molar-refractivity contribution in [3.8, 4) is 11.5 Å². The van der Waals surface area contributed by atoms with Gasteiger partial charge in [0.2, 0.25) is 0 Å². The van der Waals surface area contributed by atoms with Crippen LogP contribution in [0.2, 0.25) is 0 Å². The fourth-order valence-corrected chi connectivity index (χ4v) is 2.93. The number of methoxy groups -OCH3 is 2. The Labute approximate surface area is 136 Å². The maximum absolute atomic E-state index is 13.3. The third-order valence-electron chi connectivity index (χ3n) is 3.19. The molecule has 0 aromatic heterocycles. The van der Waals surface area contributed by atoms with Crippen LogP contribution in [0.3, 0.4) is 0 Å². The Hall–Kier alpha value is -1.38. The van der Waals surface area contributed by atoms with E-state index in [1.807, 2.05) is 12.1 Å². The van der Waals surface area contributed by atoms with Crippen LogP contribution in [0.1, 0.15) is 17.2 Å². The van der Waals surface area contributed by atoms with Gasteiger partial charge in [0.15, 0.2) is 0 Å². The van der Waals surface area contributed by atoms with Crippen molar-refractivity contribution >= 4 is 22.6 Å². The monoisotopic (exact) mass is 402 g/mol. The standard InChI is InChI=1S/C15H16FIN2O2/c1-20-10-4-6-12(14(8-10)21-2)15(19-18)11-5-3-9(16)7-13(11)17/h3-8,15,19H,18H2,1-2H3. The Morgan fingerprint density at radius 2 is 1.81 bits per heavy atom. The number of hydrogen-bond donors (Lipinski definition) is 2. The molecule has 21 heavy (non-hydrogen) atoms. The average Bonchev–Trinajstić information content (AvgIpc) is 2.50. The quantitative estimate of drug-likeness (QED) is 0.459. The van der Waals surface area contributed by atoms with Crippen molar-refractivity contribution in [3.05, 3.63) is 56.9 Å². The van der Waals surface area contributed by atoms with E-state index < -0.39 is 0 Å². The molecule has 1 atom stereocenters. The molecule has 1 unspecified atom stereocenters. The van der Waals surface area contributed by atoms with E-state index in [2.05, 4.69) is 28.0 Å². The van der Waals surface area contributed by atoms with Crippen molar-refractivity contribution < 1.29 is 13.9 Å². The second kappa shape index (κ2) is 7.06. The molecule has 0 aliphatic carbocycles. The van der Waals surface area contributed by atoms with Crippen molar-refractivity contribution in [1.82, 2.24) is 5.43 Å². The molecule has 0 saturated heterocycles. The number of hydrogen-bond acceptors (Lipinski definition) is 4. The van der Waals surface area contributed by atoms with Gasteiger partial charge in [0.1, 0.15) is 17.3 Å². The van der Waals surface area contributed by atoms with Crippen LogP contribution in [0.25, 0.3) is 0 Å². The van der Waals surface area contributed by atoms with Crippen molar-refractivity contribution in [1.29, 1.82) is 0 Å². The van der Waals surface area contributed by atoms with Crippen LogP contribution in [0.15, 0.2) is 36.4 Å². The third-order valence-corrected chi connectivity index (χ3v) is 4.13. The van der Waals surface area contributed by atoms with Gasteiger partial charge in [-0.15, -0.1) is 0 Å². The minimum atomic E-state index is -0.307.